The highest BCUT2D eigenvalue weighted by Crippen LogP contribution is 2.35. The van der Waals surface area contributed by atoms with E-state index < -0.39 is 0 Å². The largest absolute Gasteiger partial charge is 0.412 e. The van der Waals surface area contributed by atoms with Gasteiger partial charge in [-0.05, 0) is 45.0 Å². The fraction of sp³-hybridized carbons (Fsp3) is 0.278. The molecule has 25 heavy (non-hydrogen) atoms. The molecule has 0 aliphatic carbocycles. The van der Waals surface area contributed by atoms with Gasteiger partial charge in [-0.15, -0.1) is 0 Å². The lowest BCUT2D eigenvalue weighted by molar-refractivity contribution is -0.117. The van der Waals surface area contributed by atoms with E-state index in [9.17, 15) is 9.59 Å². The molecule has 0 saturated carbocycles. The molecule has 0 unspecified atom stereocenters. The Hall–Kier alpha value is -2.77. The number of hydrogen-bond donors (Lipinski definition) is 2. The maximum atomic E-state index is 12.9. The summed E-state index contributed by atoms with van der Waals surface area (Å²) in [6.07, 6.45) is 1.61. The summed E-state index contributed by atoms with van der Waals surface area (Å²) in [4.78, 5) is 31.2. The van der Waals surface area contributed by atoms with Crippen LogP contribution in [0, 0.1) is 0 Å². The van der Waals surface area contributed by atoms with Crippen LogP contribution in [0.3, 0.4) is 0 Å². The Labute approximate surface area is 146 Å². The first-order valence-electron chi connectivity index (χ1n) is 7.80. The summed E-state index contributed by atoms with van der Waals surface area (Å²) in [6, 6.07) is 10.5. The second kappa shape index (κ2) is 7.00. The van der Waals surface area contributed by atoms with Crippen molar-refractivity contribution < 1.29 is 15.1 Å². The minimum atomic E-state index is -0.251. The predicted octanol–water partition coefficient (Wildman–Crippen LogP) is 1.88. The normalized spacial score (nSPS) is 13.1. The third kappa shape index (κ3) is 3.84. The first-order valence-corrected chi connectivity index (χ1v) is 7.80. The van der Waals surface area contributed by atoms with Crippen LogP contribution in [0.25, 0.3) is 0 Å². The van der Waals surface area contributed by atoms with Crippen molar-refractivity contribution in [3.8, 4) is 0 Å². The topological polar surface area (TPSA) is 106 Å². The molecular weight excluding hydrogens is 320 g/mol. The molecule has 1 aliphatic heterocycles. The first kappa shape index (κ1) is 18.6. The van der Waals surface area contributed by atoms with Crippen molar-refractivity contribution in [3.63, 3.8) is 0 Å². The molecule has 7 heteroatoms. The number of nitrogens with one attached hydrogen (secondary N) is 2. The molecule has 4 N–H and O–H groups in total. The van der Waals surface area contributed by atoms with E-state index in [1.165, 1.54) is 4.90 Å². The quantitative estimate of drug-likeness (QED) is 0.869. The van der Waals surface area contributed by atoms with Crippen LogP contribution in [0.4, 0.5) is 17.2 Å². The second-order valence-corrected chi connectivity index (χ2v) is 6.68. The van der Waals surface area contributed by atoms with Crippen molar-refractivity contribution >= 4 is 29.0 Å². The number of amides is 2. The molecule has 132 valence electrons. The average Bonchev–Trinajstić information content (AvgIpc) is 2.66. The molecule has 7 nitrogen and oxygen atoms in total. The zero-order valence-electron chi connectivity index (χ0n) is 14.5. The van der Waals surface area contributed by atoms with Gasteiger partial charge in [0.2, 0.25) is 5.91 Å². The minimum Gasteiger partial charge on any atom is -0.412 e. The lowest BCUT2D eigenvalue weighted by Crippen LogP contribution is -2.44. The SMILES string of the molecule is CC(C)(C)NCC(=O)N1c2ccccc2C(=O)Nc2cccnc21.O. The Bertz CT molecular complexity index is 799. The van der Waals surface area contributed by atoms with Crippen LogP contribution in [0.15, 0.2) is 42.6 Å². The van der Waals surface area contributed by atoms with Gasteiger partial charge in [-0.1, -0.05) is 12.1 Å². The molecule has 2 heterocycles. The van der Waals surface area contributed by atoms with Crippen molar-refractivity contribution in [1.29, 1.82) is 0 Å². The average molecular weight is 342 g/mol. The van der Waals surface area contributed by atoms with Crippen LogP contribution in [0.5, 0.6) is 0 Å². The van der Waals surface area contributed by atoms with E-state index in [2.05, 4.69) is 15.6 Å². The molecule has 3 rings (SSSR count). The van der Waals surface area contributed by atoms with Gasteiger partial charge in [0.15, 0.2) is 5.82 Å². The van der Waals surface area contributed by atoms with E-state index >= 15 is 0 Å². The van der Waals surface area contributed by atoms with Gasteiger partial charge in [0, 0.05) is 11.7 Å². The molecule has 0 spiro atoms. The summed E-state index contributed by atoms with van der Waals surface area (Å²) >= 11 is 0. The number of hydrogen-bond acceptors (Lipinski definition) is 4. The van der Waals surface area contributed by atoms with Crippen LogP contribution in [0.2, 0.25) is 0 Å². The maximum Gasteiger partial charge on any atom is 0.257 e. The molecule has 2 amide bonds. The number of carbonyl (C=O) groups is 2. The van der Waals surface area contributed by atoms with E-state index in [1.807, 2.05) is 20.8 Å². The Morgan fingerprint density at radius 2 is 1.92 bits per heavy atom. The van der Waals surface area contributed by atoms with E-state index in [4.69, 9.17) is 0 Å². The molecule has 1 aliphatic rings. The molecule has 0 atom stereocenters. The second-order valence-electron chi connectivity index (χ2n) is 6.68. The van der Waals surface area contributed by atoms with Crippen molar-refractivity contribution in [3.05, 3.63) is 48.2 Å². The number of fused-ring (bicyclic) bond motifs is 2. The molecule has 0 saturated heterocycles. The number of pyridine rings is 1. The Balaban J connectivity index is 0.00000225. The lowest BCUT2D eigenvalue weighted by atomic mass is 10.1. The zero-order valence-corrected chi connectivity index (χ0v) is 14.5. The number of rotatable bonds is 2. The summed E-state index contributed by atoms with van der Waals surface area (Å²) in [7, 11) is 0. The van der Waals surface area contributed by atoms with E-state index in [1.54, 1.807) is 42.6 Å². The molecular formula is C18H22N4O3. The van der Waals surface area contributed by atoms with Crippen LogP contribution >= 0.6 is 0 Å². The van der Waals surface area contributed by atoms with E-state index in [0.717, 1.165) is 0 Å². The van der Waals surface area contributed by atoms with Gasteiger partial charge < -0.3 is 16.1 Å². The van der Waals surface area contributed by atoms with Crippen molar-refractivity contribution in [2.24, 2.45) is 0 Å². The van der Waals surface area contributed by atoms with Crippen LogP contribution in [0.1, 0.15) is 31.1 Å². The van der Waals surface area contributed by atoms with Crippen LogP contribution < -0.4 is 15.5 Å². The summed E-state index contributed by atoms with van der Waals surface area (Å²) in [6.45, 7) is 6.12. The van der Waals surface area contributed by atoms with Gasteiger partial charge >= 0.3 is 0 Å². The number of carbonyl (C=O) groups excluding carboxylic acids is 2. The zero-order chi connectivity index (χ0) is 17.3. The Morgan fingerprint density at radius 3 is 2.64 bits per heavy atom. The number of benzene rings is 1. The van der Waals surface area contributed by atoms with Gasteiger partial charge in [-0.2, -0.15) is 0 Å². The summed E-state index contributed by atoms with van der Waals surface area (Å²) in [5.74, 6) is 0.00395. The number of para-hydroxylation sites is 1. The number of anilines is 3. The van der Waals surface area contributed by atoms with Gasteiger partial charge in [-0.3, -0.25) is 14.5 Å². The minimum absolute atomic E-state index is 0. The Morgan fingerprint density at radius 1 is 1.20 bits per heavy atom. The molecule has 0 bridgehead atoms. The van der Waals surface area contributed by atoms with Crippen LogP contribution in [-0.4, -0.2) is 34.4 Å². The highest BCUT2D eigenvalue weighted by atomic mass is 16.2. The number of aromatic nitrogens is 1. The molecule has 0 radical (unpaired) electrons. The monoisotopic (exact) mass is 342 g/mol. The van der Waals surface area contributed by atoms with E-state index in [0.29, 0.717) is 22.8 Å². The van der Waals surface area contributed by atoms with Gasteiger partial charge in [0.25, 0.3) is 5.91 Å². The van der Waals surface area contributed by atoms with Crippen molar-refractivity contribution in [2.75, 3.05) is 16.8 Å². The number of nitrogens with zero attached hydrogens (tertiary/aromatic N) is 2. The molecule has 1 aromatic carbocycles. The molecule has 1 aromatic heterocycles. The lowest BCUT2D eigenvalue weighted by Gasteiger charge is -2.26. The smallest absolute Gasteiger partial charge is 0.257 e. The highest BCUT2D eigenvalue weighted by molar-refractivity contribution is 6.17. The van der Waals surface area contributed by atoms with Crippen molar-refractivity contribution in [2.45, 2.75) is 26.3 Å². The summed E-state index contributed by atoms with van der Waals surface area (Å²) < 4.78 is 0. The van der Waals surface area contributed by atoms with Gasteiger partial charge in [-0.25, -0.2) is 4.98 Å². The standard InChI is InChI=1S/C18H20N4O2.H2O/c1-18(2,3)20-11-15(23)22-14-9-5-4-7-12(14)17(24)21-13-8-6-10-19-16(13)22;/h4-10,20H,11H2,1-3H3,(H,21,24);1H2. The first-order chi connectivity index (χ1) is 11.4. The third-order valence-corrected chi connectivity index (χ3v) is 3.66. The molecule has 2 aromatic rings. The third-order valence-electron chi connectivity index (χ3n) is 3.66. The predicted molar refractivity (Wildman–Crippen MR) is 97.1 cm³/mol. The maximum absolute atomic E-state index is 12.9. The summed E-state index contributed by atoms with van der Waals surface area (Å²) in [5.41, 5.74) is 1.30. The molecule has 0 fully saturated rings. The van der Waals surface area contributed by atoms with E-state index in [-0.39, 0.29) is 29.4 Å². The van der Waals surface area contributed by atoms with Gasteiger partial charge in [0.1, 0.15) is 0 Å². The fourth-order valence-corrected chi connectivity index (χ4v) is 2.51. The highest BCUT2D eigenvalue weighted by Gasteiger charge is 2.30. The van der Waals surface area contributed by atoms with Gasteiger partial charge in [0.05, 0.1) is 23.5 Å². The summed E-state index contributed by atoms with van der Waals surface area (Å²) in [5, 5.41) is 6.01. The van der Waals surface area contributed by atoms with Crippen molar-refractivity contribution in [1.82, 2.24) is 10.3 Å². The Kier molecular flexibility index (Phi) is 5.20. The van der Waals surface area contributed by atoms with Crippen LogP contribution in [-0.2, 0) is 4.79 Å². The fourth-order valence-electron chi connectivity index (χ4n) is 2.51.